The number of aryl methyl sites for hydroxylation is 1. The van der Waals surface area contributed by atoms with Gasteiger partial charge in [0, 0.05) is 19.1 Å². The number of hydrogen-bond acceptors (Lipinski definition) is 2. The molecular formula is C15H27N2O2Si+. The van der Waals surface area contributed by atoms with Crippen molar-refractivity contribution in [1.82, 2.24) is 0 Å². The second-order valence-electron chi connectivity index (χ2n) is 6.66. The summed E-state index contributed by atoms with van der Waals surface area (Å²) in [6.07, 6.45) is 4.66. The average molecular weight is 295 g/mol. The summed E-state index contributed by atoms with van der Waals surface area (Å²) in [5.74, 6) is -0.392. The number of hydrogen-bond donors (Lipinski definition) is 1. The van der Waals surface area contributed by atoms with Crippen molar-refractivity contribution in [3.8, 4) is 0 Å². The highest BCUT2D eigenvalue weighted by Crippen LogP contribution is 2.36. The minimum Gasteiger partial charge on any atom is -0.417 e. The highest BCUT2D eigenvalue weighted by Gasteiger charge is 2.36. The molecule has 1 heterocycles. The molecule has 1 aromatic heterocycles. The molecule has 0 unspecified atom stereocenters. The maximum absolute atomic E-state index is 11.1. The van der Waals surface area contributed by atoms with Crippen molar-refractivity contribution in [1.29, 1.82) is 0 Å². The van der Waals surface area contributed by atoms with Crippen LogP contribution in [0.1, 0.15) is 37.6 Å². The van der Waals surface area contributed by atoms with Crippen molar-refractivity contribution in [3.05, 3.63) is 30.1 Å². The molecule has 0 aliphatic rings. The van der Waals surface area contributed by atoms with Crippen LogP contribution in [0.5, 0.6) is 0 Å². The van der Waals surface area contributed by atoms with Crippen LogP contribution in [-0.4, -0.2) is 20.8 Å². The molecule has 1 amide bonds. The maximum atomic E-state index is 11.1. The standard InChI is InChI=1S/C15H26N2O2Si/c1-15(2,3)20(4,5)19-11-7-10-17-9-6-8-13(12-17)14(16)18/h6,8-9,12H,7,10-11H2,1-5H3,(H-,16,18)/p+1. The summed E-state index contributed by atoms with van der Waals surface area (Å²) in [6, 6.07) is 3.57. The molecule has 1 rings (SSSR count). The van der Waals surface area contributed by atoms with Crippen molar-refractivity contribution >= 4 is 14.2 Å². The van der Waals surface area contributed by atoms with E-state index >= 15 is 0 Å². The van der Waals surface area contributed by atoms with Crippen molar-refractivity contribution in [3.63, 3.8) is 0 Å². The smallest absolute Gasteiger partial charge is 0.254 e. The molecular weight excluding hydrogens is 268 g/mol. The van der Waals surface area contributed by atoms with Gasteiger partial charge in [-0.05, 0) is 24.2 Å². The van der Waals surface area contributed by atoms with Crippen LogP contribution in [0.3, 0.4) is 0 Å². The summed E-state index contributed by atoms with van der Waals surface area (Å²) >= 11 is 0. The van der Waals surface area contributed by atoms with Gasteiger partial charge in [0.05, 0.1) is 0 Å². The van der Waals surface area contributed by atoms with Gasteiger partial charge in [-0.1, -0.05) is 20.8 Å². The van der Waals surface area contributed by atoms with E-state index < -0.39 is 14.2 Å². The molecule has 20 heavy (non-hydrogen) atoms. The van der Waals surface area contributed by atoms with Gasteiger partial charge < -0.3 is 10.2 Å². The molecule has 0 fully saturated rings. The monoisotopic (exact) mass is 295 g/mol. The number of amides is 1. The quantitative estimate of drug-likeness (QED) is 0.498. The minimum absolute atomic E-state index is 0.242. The zero-order chi connectivity index (χ0) is 15.4. The van der Waals surface area contributed by atoms with Crippen LogP contribution in [0.25, 0.3) is 0 Å². The van der Waals surface area contributed by atoms with Gasteiger partial charge in [-0.3, -0.25) is 4.79 Å². The third-order valence-corrected chi connectivity index (χ3v) is 8.51. The summed E-state index contributed by atoms with van der Waals surface area (Å²) in [6.45, 7) is 12.8. The summed E-state index contributed by atoms with van der Waals surface area (Å²) in [5, 5.41) is 0.242. The molecule has 0 bridgehead atoms. The first-order valence-electron chi connectivity index (χ1n) is 7.06. The fourth-order valence-corrected chi connectivity index (χ4v) is 2.69. The Balaban J connectivity index is 2.46. The van der Waals surface area contributed by atoms with E-state index in [0.29, 0.717) is 5.56 Å². The summed E-state index contributed by atoms with van der Waals surface area (Å²) in [4.78, 5) is 11.1. The second kappa shape index (κ2) is 6.50. The predicted octanol–water partition coefficient (Wildman–Crippen LogP) is 2.48. The Kier molecular flexibility index (Phi) is 5.47. The van der Waals surface area contributed by atoms with E-state index in [9.17, 15) is 4.79 Å². The van der Waals surface area contributed by atoms with Gasteiger partial charge in [0.15, 0.2) is 27.3 Å². The highest BCUT2D eigenvalue weighted by molar-refractivity contribution is 6.74. The molecule has 0 saturated heterocycles. The highest BCUT2D eigenvalue weighted by atomic mass is 28.4. The zero-order valence-corrected chi connectivity index (χ0v) is 14.3. The number of pyridine rings is 1. The summed E-state index contributed by atoms with van der Waals surface area (Å²) < 4.78 is 8.11. The first kappa shape index (κ1) is 16.9. The molecule has 112 valence electrons. The van der Waals surface area contributed by atoms with E-state index in [2.05, 4.69) is 33.9 Å². The van der Waals surface area contributed by atoms with E-state index in [-0.39, 0.29) is 5.04 Å². The zero-order valence-electron chi connectivity index (χ0n) is 13.3. The Morgan fingerprint density at radius 1 is 1.40 bits per heavy atom. The molecule has 0 spiro atoms. The molecule has 1 aromatic rings. The minimum atomic E-state index is -1.66. The lowest BCUT2D eigenvalue weighted by atomic mass is 10.2. The Hall–Kier alpha value is -1.20. The maximum Gasteiger partial charge on any atom is 0.254 e. The second-order valence-corrected chi connectivity index (χ2v) is 11.5. The van der Waals surface area contributed by atoms with Gasteiger partial charge in [-0.2, -0.15) is 0 Å². The van der Waals surface area contributed by atoms with Gasteiger partial charge in [-0.15, -0.1) is 0 Å². The van der Waals surface area contributed by atoms with Gasteiger partial charge in [-0.25, -0.2) is 4.57 Å². The Morgan fingerprint density at radius 2 is 2.05 bits per heavy atom. The molecule has 0 aliphatic carbocycles. The molecule has 5 heteroatoms. The number of primary amides is 1. The van der Waals surface area contributed by atoms with Crippen LogP contribution in [-0.2, 0) is 11.0 Å². The molecule has 0 radical (unpaired) electrons. The Labute approximate surface area is 123 Å². The van der Waals surface area contributed by atoms with Gasteiger partial charge in [0.2, 0.25) is 0 Å². The van der Waals surface area contributed by atoms with Crippen molar-refractivity contribution < 1.29 is 13.8 Å². The van der Waals surface area contributed by atoms with Gasteiger partial charge in [0.25, 0.3) is 5.91 Å². The van der Waals surface area contributed by atoms with Gasteiger partial charge >= 0.3 is 0 Å². The lowest BCUT2D eigenvalue weighted by Gasteiger charge is -2.36. The number of carbonyl (C=O) groups excluding carboxylic acids is 1. The van der Waals surface area contributed by atoms with Crippen LogP contribution >= 0.6 is 0 Å². The third-order valence-electron chi connectivity index (χ3n) is 3.97. The van der Waals surface area contributed by atoms with Crippen LogP contribution in [0, 0.1) is 0 Å². The first-order valence-corrected chi connectivity index (χ1v) is 9.97. The van der Waals surface area contributed by atoms with Crippen LogP contribution in [0.2, 0.25) is 18.1 Å². The molecule has 4 nitrogen and oxygen atoms in total. The van der Waals surface area contributed by atoms with Gasteiger partial charge in [0.1, 0.15) is 5.56 Å². The molecule has 0 aliphatic heterocycles. The van der Waals surface area contributed by atoms with E-state index in [1.807, 2.05) is 16.8 Å². The average Bonchev–Trinajstić information content (AvgIpc) is 2.33. The van der Waals surface area contributed by atoms with E-state index in [1.165, 1.54) is 0 Å². The fraction of sp³-hybridized carbons (Fsp3) is 0.600. The van der Waals surface area contributed by atoms with E-state index in [1.54, 1.807) is 12.3 Å². The largest absolute Gasteiger partial charge is 0.417 e. The fourth-order valence-electron chi connectivity index (χ4n) is 1.60. The molecule has 0 atom stereocenters. The number of nitrogens with zero attached hydrogens (tertiary/aromatic N) is 1. The van der Waals surface area contributed by atoms with Crippen LogP contribution in [0.4, 0.5) is 0 Å². The van der Waals surface area contributed by atoms with Crippen molar-refractivity contribution in [2.75, 3.05) is 6.61 Å². The SMILES string of the molecule is CC(C)(C)[Si](C)(C)OCCC[n+]1cccc(C(N)=O)c1. The molecule has 2 N–H and O–H groups in total. The molecule has 0 aromatic carbocycles. The van der Waals surface area contributed by atoms with E-state index in [4.69, 9.17) is 10.2 Å². The van der Waals surface area contributed by atoms with Crippen LogP contribution < -0.4 is 10.3 Å². The van der Waals surface area contributed by atoms with E-state index in [0.717, 1.165) is 19.6 Å². The number of aromatic nitrogens is 1. The Bertz CT molecular complexity index is 467. The molecule has 0 saturated carbocycles. The first-order chi connectivity index (χ1) is 9.13. The van der Waals surface area contributed by atoms with Crippen molar-refractivity contribution in [2.45, 2.75) is 51.9 Å². The number of carbonyl (C=O) groups is 1. The third kappa shape index (κ3) is 4.72. The number of nitrogens with two attached hydrogens (primary N) is 1. The van der Waals surface area contributed by atoms with Crippen molar-refractivity contribution in [2.24, 2.45) is 5.73 Å². The Morgan fingerprint density at radius 3 is 2.60 bits per heavy atom. The lowest BCUT2D eigenvalue weighted by molar-refractivity contribution is -0.697. The summed E-state index contributed by atoms with van der Waals surface area (Å²) in [5.41, 5.74) is 5.81. The number of rotatable bonds is 6. The lowest BCUT2D eigenvalue weighted by Crippen LogP contribution is -2.42. The van der Waals surface area contributed by atoms with Crippen LogP contribution in [0.15, 0.2) is 24.5 Å². The summed E-state index contributed by atoms with van der Waals surface area (Å²) in [7, 11) is -1.66. The normalized spacial score (nSPS) is 12.4. The predicted molar refractivity (Wildman–Crippen MR) is 82.9 cm³/mol. The topological polar surface area (TPSA) is 56.2 Å².